The van der Waals surface area contributed by atoms with Crippen molar-refractivity contribution in [2.75, 3.05) is 32.7 Å². The van der Waals surface area contributed by atoms with Gasteiger partial charge in [0.1, 0.15) is 11.5 Å². The van der Waals surface area contributed by atoms with Gasteiger partial charge in [0.15, 0.2) is 16.6 Å². The molecule has 0 amide bonds. The molecule has 3 N–H and O–H groups in total. The number of fused-ring (bicyclic) bond motifs is 1. The van der Waals surface area contributed by atoms with Gasteiger partial charge in [-0.05, 0) is 79.2 Å². The number of phenols is 1. The van der Waals surface area contributed by atoms with Crippen LogP contribution < -0.4 is 19.5 Å². The molecule has 0 spiro atoms. The number of benzene rings is 3. The zero-order valence-corrected chi connectivity index (χ0v) is 21.5. The Bertz CT molecular complexity index is 1340. The van der Waals surface area contributed by atoms with Gasteiger partial charge in [-0.1, -0.05) is 18.2 Å². The van der Waals surface area contributed by atoms with Crippen molar-refractivity contribution in [1.82, 2.24) is 9.88 Å². The molecule has 3 aromatic carbocycles. The zero-order chi connectivity index (χ0) is 25.5. The highest BCUT2D eigenvalue weighted by atomic mass is 32.1. The van der Waals surface area contributed by atoms with Gasteiger partial charge in [0.25, 0.3) is 0 Å². The summed E-state index contributed by atoms with van der Waals surface area (Å²) in [7, 11) is 3.31. The van der Waals surface area contributed by atoms with Gasteiger partial charge in [-0.3, -0.25) is 0 Å². The fraction of sp³-hybridized carbons (Fsp3) is 0.250. The number of methoxy groups -OCH3 is 2. The Morgan fingerprint density at radius 3 is 2.64 bits per heavy atom. The van der Waals surface area contributed by atoms with Gasteiger partial charge in [-0.15, -0.1) is 0 Å². The molecule has 1 heterocycles. The summed E-state index contributed by atoms with van der Waals surface area (Å²) >= 11 is 5.86. The number of phenolic OH excluding ortho intramolecular Hbond substituents is 1. The number of thiocarbonyl (C=S) groups is 1. The molecule has 0 unspecified atom stereocenters. The third-order valence-corrected chi connectivity index (χ3v) is 6.32. The van der Waals surface area contributed by atoms with Crippen LogP contribution in [0.3, 0.4) is 0 Å². The summed E-state index contributed by atoms with van der Waals surface area (Å²) in [4.78, 5) is 5.44. The van der Waals surface area contributed by atoms with E-state index in [4.69, 9.17) is 26.4 Å². The van der Waals surface area contributed by atoms with Crippen molar-refractivity contribution < 1.29 is 19.3 Å². The SMILES string of the molecule is CCOc1cc(CN(CCc2c[nH]c3ccc(OC)cc23)C(=S)Nc2ccccc2OC)ccc1O. The van der Waals surface area contributed by atoms with E-state index >= 15 is 0 Å². The quantitative estimate of drug-likeness (QED) is 0.238. The molecule has 0 saturated heterocycles. The molecule has 0 radical (unpaired) electrons. The van der Waals surface area contributed by atoms with E-state index in [9.17, 15) is 5.11 Å². The molecular weight excluding hydrogens is 474 g/mol. The number of rotatable bonds is 10. The van der Waals surface area contributed by atoms with Gasteiger partial charge in [0.05, 0.1) is 26.5 Å². The molecule has 0 aliphatic heterocycles. The summed E-state index contributed by atoms with van der Waals surface area (Å²) in [5, 5.41) is 15.2. The summed E-state index contributed by atoms with van der Waals surface area (Å²) in [5.74, 6) is 2.12. The lowest BCUT2D eigenvalue weighted by molar-refractivity contribution is 0.317. The minimum Gasteiger partial charge on any atom is -0.504 e. The Hall–Kier alpha value is -3.91. The van der Waals surface area contributed by atoms with Crippen molar-refractivity contribution in [2.24, 2.45) is 0 Å². The molecule has 0 aliphatic rings. The third kappa shape index (κ3) is 5.83. The van der Waals surface area contributed by atoms with Crippen molar-refractivity contribution in [3.05, 3.63) is 78.0 Å². The van der Waals surface area contributed by atoms with Gasteiger partial charge in [0, 0.05) is 30.2 Å². The Morgan fingerprint density at radius 2 is 1.86 bits per heavy atom. The summed E-state index contributed by atoms with van der Waals surface area (Å²) in [5.41, 5.74) is 4.01. The lowest BCUT2D eigenvalue weighted by atomic mass is 10.1. The number of aromatic hydroxyl groups is 1. The van der Waals surface area contributed by atoms with Crippen molar-refractivity contribution in [2.45, 2.75) is 19.9 Å². The van der Waals surface area contributed by atoms with Crippen LogP contribution in [0.1, 0.15) is 18.1 Å². The molecule has 188 valence electrons. The highest BCUT2D eigenvalue weighted by molar-refractivity contribution is 7.80. The van der Waals surface area contributed by atoms with Crippen molar-refractivity contribution in [1.29, 1.82) is 0 Å². The number of para-hydroxylation sites is 2. The number of nitrogens with one attached hydrogen (secondary N) is 2. The maximum absolute atomic E-state index is 10.1. The third-order valence-electron chi connectivity index (χ3n) is 5.96. The Morgan fingerprint density at radius 1 is 1.03 bits per heavy atom. The number of anilines is 1. The number of H-pyrrole nitrogens is 1. The van der Waals surface area contributed by atoms with Crippen LogP contribution in [-0.4, -0.2) is 47.5 Å². The first-order chi connectivity index (χ1) is 17.5. The van der Waals surface area contributed by atoms with Crippen LogP contribution in [0.25, 0.3) is 10.9 Å². The van der Waals surface area contributed by atoms with E-state index in [0.717, 1.165) is 34.3 Å². The van der Waals surface area contributed by atoms with Crippen LogP contribution in [0.2, 0.25) is 0 Å². The summed E-state index contributed by atoms with van der Waals surface area (Å²) in [6.07, 6.45) is 2.80. The van der Waals surface area contributed by atoms with Gasteiger partial charge < -0.3 is 34.5 Å². The second-order valence-electron chi connectivity index (χ2n) is 8.26. The zero-order valence-electron chi connectivity index (χ0n) is 20.7. The van der Waals surface area contributed by atoms with Gasteiger partial charge in [-0.25, -0.2) is 0 Å². The molecule has 7 nitrogen and oxygen atoms in total. The van der Waals surface area contributed by atoms with Crippen LogP contribution in [0.5, 0.6) is 23.0 Å². The monoisotopic (exact) mass is 505 g/mol. The Labute approximate surface area is 216 Å². The fourth-order valence-electron chi connectivity index (χ4n) is 4.09. The van der Waals surface area contributed by atoms with Gasteiger partial charge >= 0.3 is 0 Å². The first kappa shape index (κ1) is 25.2. The van der Waals surface area contributed by atoms with Crippen molar-refractivity contribution >= 4 is 33.9 Å². The fourth-order valence-corrected chi connectivity index (χ4v) is 4.36. The van der Waals surface area contributed by atoms with Crippen LogP contribution >= 0.6 is 12.2 Å². The van der Waals surface area contributed by atoms with E-state index in [1.807, 2.05) is 67.7 Å². The number of hydrogen-bond acceptors (Lipinski definition) is 5. The standard InChI is InChI=1S/C28H31N3O4S/c1-4-35-27-15-19(9-12-25(27)32)18-31(28(36)30-24-7-5-6-8-26(24)34-3)14-13-20-17-29-23-11-10-21(33-2)16-22(20)23/h5-12,15-17,29,32H,4,13-14,18H2,1-3H3,(H,30,36). The number of aromatic nitrogens is 1. The molecule has 4 rings (SSSR count). The molecular formula is C28H31N3O4S. The van der Waals surface area contributed by atoms with Crippen LogP contribution in [-0.2, 0) is 13.0 Å². The molecule has 0 saturated carbocycles. The molecule has 36 heavy (non-hydrogen) atoms. The predicted octanol–water partition coefficient (Wildman–Crippen LogP) is 5.73. The molecule has 0 aliphatic carbocycles. The lowest BCUT2D eigenvalue weighted by Crippen LogP contribution is -2.36. The minimum absolute atomic E-state index is 0.120. The number of hydrogen-bond donors (Lipinski definition) is 3. The predicted molar refractivity (Wildman–Crippen MR) is 147 cm³/mol. The van der Waals surface area contributed by atoms with E-state index in [1.54, 1.807) is 20.3 Å². The molecule has 8 heteroatoms. The molecule has 0 fully saturated rings. The van der Waals surface area contributed by atoms with Gasteiger partial charge in [0.2, 0.25) is 0 Å². The summed E-state index contributed by atoms with van der Waals surface area (Å²) in [6, 6.07) is 19.1. The number of aromatic amines is 1. The van der Waals surface area contributed by atoms with Crippen LogP contribution in [0.15, 0.2) is 66.9 Å². The van der Waals surface area contributed by atoms with Gasteiger partial charge in [-0.2, -0.15) is 0 Å². The minimum atomic E-state index is 0.120. The van der Waals surface area contributed by atoms with Crippen LogP contribution in [0, 0.1) is 0 Å². The first-order valence-corrected chi connectivity index (χ1v) is 12.2. The maximum atomic E-state index is 10.1. The highest BCUT2D eigenvalue weighted by Gasteiger charge is 2.16. The van der Waals surface area contributed by atoms with Crippen LogP contribution in [0.4, 0.5) is 5.69 Å². The Kier molecular flexibility index (Phi) is 8.17. The number of ether oxygens (including phenoxy) is 3. The van der Waals surface area contributed by atoms with E-state index in [-0.39, 0.29) is 5.75 Å². The second kappa shape index (κ2) is 11.7. The summed E-state index contributed by atoms with van der Waals surface area (Å²) < 4.78 is 16.5. The second-order valence-corrected chi connectivity index (χ2v) is 8.65. The van der Waals surface area contributed by atoms with E-state index < -0.39 is 0 Å². The van der Waals surface area contributed by atoms with E-state index in [0.29, 0.717) is 36.3 Å². The van der Waals surface area contributed by atoms with E-state index in [2.05, 4.69) is 15.2 Å². The average Bonchev–Trinajstić information content (AvgIpc) is 3.30. The van der Waals surface area contributed by atoms with E-state index in [1.165, 1.54) is 5.56 Å². The molecule has 1 aromatic heterocycles. The lowest BCUT2D eigenvalue weighted by Gasteiger charge is -2.27. The van der Waals surface area contributed by atoms with Crippen molar-refractivity contribution in [3.8, 4) is 23.0 Å². The normalized spacial score (nSPS) is 10.8. The average molecular weight is 506 g/mol. The largest absolute Gasteiger partial charge is 0.504 e. The molecule has 0 bridgehead atoms. The summed E-state index contributed by atoms with van der Waals surface area (Å²) in [6.45, 7) is 3.56. The molecule has 0 atom stereocenters. The highest BCUT2D eigenvalue weighted by Crippen LogP contribution is 2.29. The Balaban J connectivity index is 1.59. The van der Waals surface area contributed by atoms with Crippen molar-refractivity contribution in [3.63, 3.8) is 0 Å². The topological polar surface area (TPSA) is 79.0 Å². The maximum Gasteiger partial charge on any atom is 0.173 e. The smallest absolute Gasteiger partial charge is 0.173 e. The molecule has 4 aromatic rings. The number of nitrogens with zero attached hydrogens (tertiary/aromatic N) is 1. The first-order valence-electron chi connectivity index (χ1n) is 11.8.